The van der Waals surface area contributed by atoms with E-state index in [1.165, 1.54) is 12.1 Å². The van der Waals surface area contributed by atoms with Crippen LogP contribution in [0, 0.1) is 11.7 Å². The summed E-state index contributed by atoms with van der Waals surface area (Å²) in [6.07, 6.45) is 6.55. The Balaban J connectivity index is 1.38. The molecule has 8 heteroatoms. The van der Waals surface area contributed by atoms with Gasteiger partial charge in [-0.05, 0) is 68.4 Å². The SMILES string of the molecule is C[C@@H]1CC[C@H]([C@@H](NC(=O)c2ccc3cnc(CC4CCOCC4)nc3c2)c2ccc(Cl)c(F)c2)N1. The van der Waals surface area contributed by atoms with Crippen molar-refractivity contribution in [1.29, 1.82) is 0 Å². The predicted molar refractivity (Wildman–Crippen MR) is 134 cm³/mol. The van der Waals surface area contributed by atoms with E-state index < -0.39 is 5.82 Å². The highest BCUT2D eigenvalue weighted by molar-refractivity contribution is 6.30. The number of halogens is 2. The summed E-state index contributed by atoms with van der Waals surface area (Å²) < 4.78 is 19.7. The molecule has 2 aliphatic heterocycles. The number of carbonyl (C=O) groups is 1. The summed E-state index contributed by atoms with van der Waals surface area (Å²) in [6, 6.07) is 10.1. The molecule has 6 nitrogen and oxygen atoms in total. The molecular formula is C27H30ClFN4O2. The van der Waals surface area contributed by atoms with E-state index in [-0.39, 0.29) is 23.0 Å². The normalized spacial score (nSPS) is 21.8. The van der Waals surface area contributed by atoms with Gasteiger partial charge in [0.15, 0.2) is 0 Å². The van der Waals surface area contributed by atoms with E-state index >= 15 is 0 Å². The van der Waals surface area contributed by atoms with Crippen LogP contribution in [0.5, 0.6) is 0 Å². The molecule has 0 radical (unpaired) electrons. The molecule has 0 spiro atoms. The average molecular weight is 497 g/mol. The second-order valence-electron chi connectivity index (χ2n) is 9.70. The van der Waals surface area contributed by atoms with Crippen molar-refractivity contribution in [3.63, 3.8) is 0 Å². The predicted octanol–water partition coefficient (Wildman–Crippen LogP) is 5.00. The zero-order valence-corrected chi connectivity index (χ0v) is 20.5. The maximum absolute atomic E-state index is 14.3. The number of ether oxygens (including phenoxy) is 1. The van der Waals surface area contributed by atoms with Gasteiger partial charge in [-0.1, -0.05) is 23.7 Å². The van der Waals surface area contributed by atoms with Crippen molar-refractivity contribution in [3.8, 4) is 0 Å². The second-order valence-corrected chi connectivity index (χ2v) is 10.1. The molecule has 2 aliphatic rings. The van der Waals surface area contributed by atoms with Crippen LogP contribution in [0.1, 0.15) is 60.4 Å². The third kappa shape index (κ3) is 5.63. The Hall–Kier alpha value is -2.61. The van der Waals surface area contributed by atoms with Crippen LogP contribution < -0.4 is 10.6 Å². The largest absolute Gasteiger partial charge is 0.381 e. The van der Waals surface area contributed by atoms with Crippen molar-refractivity contribution in [3.05, 3.63) is 70.4 Å². The lowest BCUT2D eigenvalue weighted by atomic mass is 9.96. The van der Waals surface area contributed by atoms with Crippen molar-refractivity contribution in [2.75, 3.05) is 13.2 Å². The van der Waals surface area contributed by atoms with Gasteiger partial charge in [-0.3, -0.25) is 4.79 Å². The van der Waals surface area contributed by atoms with Crippen LogP contribution in [0.3, 0.4) is 0 Å². The minimum atomic E-state index is -0.492. The van der Waals surface area contributed by atoms with Gasteiger partial charge in [-0.25, -0.2) is 14.4 Å². The second kappa shape index (κ2) is 10.6. The summed E-state index contributed by atoms with van der Waals surface area (Å²) in [6.45, 7) is 3.69. The highest BCUT2D eigenvalue weighted by Crippen LogP contribution is 2.28. The lowest BCUT2D eigenvalue weighted by Gasteiger charge is -2.26. The Kier molecular flexibility index (Phi) is 7.27. The van der Waals surface area contributed by atoms with Crippen molar-refractivity contribution in [2.24, 2.45) is 5.92 Å². The van der Waals surface area contributed by atoms with Gasteiger partial charge in [0.25, 0.3) is 5.91 Å². The average Bonchev–Trinajstić information content (AvgIpc) is 3.30. The van der Waals surface area contributed by atoms with E-state index in [9.17, 15) is 9.18 Å². The van der Waals surface area contributed by atoms with Gasteiger partial charge in [-0.15, -0.1) is 0 Å². The Morgan fingerprint density at radius 2 is 2.03 bits per heavy atom. The Labute approximate surface area is 209 Å². The maximum Gasteiger partial charge on any atom is 0.251 e. The lowest BCUT2D eigenvalue weighted by Crippen LogP contribution is -2.42. The van der Waals surface area contributed by atoms with E-state index in [0.29, 0.717) is 23.1 Å². The quantitative estimate of drug-likeness (QED) is 0.502. The third-order valence-electron chi connectivity index (χ3n) is 7.11. The summed E-state index contributed by atoms with van der Waals surface area (Å²) in [7, 11) is 0. The van der Waals surface area contributed by atoms with Crippen LogP contribution in [0.15, 0.2) is 42.6 Å². The standard InChI is InChI=1S/C27H30ClFN4O2/c1-16-2-7-23(31-16)26(18-5-6-21(28)22(29)13-18)33-27(34)19-3-4-20-15-30-25(32-24(20)14-19)12-17-8-10-35-11-9-17/h3-6,13-17,23,26,31H,2,7-12H2,1H3,(H,33,34)/t16-,23-,26+/m1/s1. The molecular weight excluding hydrogens is 467 g/mol. The topological polar surface area (TPSA) is 76.1 Å². The van der Waals surface area contributed by atoms with Crippen LogP contribution in [-0.4, -0.2) is 41.2 Å². The molecule has 2 aromatic carbocycles. The van der Waals surface area contributed by atoms with E-state index in [1.807, 2.05) is 18.3 Å². The molecule has 0 saturated carbocycles. The monoisotopic (exact) mass is 496 g/mol. The van der Waals surface area contributed by atoms with Crippen LogP contribution in [-0.2, 0) is 11.2 Å². The van der Waals surface area contributed by atoms with Crippen LogP contribution in [0.2, 0.25) is 5.02 Å². The van der Waals surface area contributed by atoms with Crippen molar-refractivity contribution >= 4 is 28.4 Å². The molecule has 1 aromatic heterocycles. The number of amides is 1. The lowest BCUT2D eigenvalue weighted by molar-refractivity contribution is 0.0660. The number of nitrogens with zero attached hydrogens (tertiary/aromatic N) is 2. The molecule has 184 valence electrons. The Bertz CT molecular complexity index is 1220. The number of hydrogen-bond acceptors (Lipinski definition) is 5. The molecule has 0 aliphatic carbocycles. The number of carbonyl (C=O) groups excluding carboxylic acids is 1. The zero-order valence-electron chi connectivity index (χ0n) is 19.8. The molecule has 2 saturated heterocycles. The molecule has 35 heavy (non-hydrogen) atoms. The van der Waals surface area contributed by atoms with Crippen molar-refractivity contribution < 1.29 is 13.9 Å². The van der Waals surface area contributed by atoms with E-state index in [0.717, 1.165) is 62.0 Å². The first-order chi connectivity index (χ1) is 17.0. The molecule has 1 amide bonds. The summed E-state index contributed by atoms with van der Waals surface area (Å²) in [5, 5.41) is 7.61. The zero-order chi connectivity index (χ0) is 24.4. The fourth-order valence-electron chi connectivity index (χ4n) is 5.08. The first kappa shape index (κ1) is 24.1. The maximum atomic E-state index is 14.3. The summed E-state index contributed by atoms with van der Waals surface area (Å²) in [5.74, 6) is 0.599. The summed E-state index contributed by atoms with van der Waals surface area (Å²) in [4.78, 5) is 22.6. The van der Waals surface area contributed by atoms with Crippen molar-refractivity contribution in [2.45, 2.75) is 57.2 Å². The van der Waals surface area contributed by atoms with Gasteiger partial charge < -0.3 is 15.4 Å². The van der Waals surface area contributed by atoms with Gasteiger partial charge in [-0.2, -0.15) is 0 Å². The van der Waals surface area contributed by atoms with Crippen LogP contribution in [0.4, 0.5) is 4.39 Å². The highest BCUT2D eigenvalue weighted by atomic mass is 35.5. The molecule has 3 aromatic rings. The smallest absolute Gasteiger partial charge is 0.251 e. The van der Waals surface area contributed by atoms with E-state index in [4.69, 9.17) is 21.3 Å². The number of aromatic nitrogens is 2. The minimum absolute atomic E-state index is 0.00313. The number of benzene rings is 2. The first-order valence-corrected chi connectivity index (χ1v) is 12.7. The molecule has 5 rings (SSSR count). The molecule has 2 fully saturated rings. The number of rotatable bonds is 6. The highest BCUT2D eigenvalue weighted by Gasteiger charge is 2.31. The van der Waals surface area contributed by atoms with Gasteiger partial charge in [0, 0.05) is 48.9 Å². The summed E-state index contributed by atoms with van der Waals surface area (Å²) in [5.41, 5.74) is 1.95. The van der Waals surface area contributed by atoms with E-state index in [1.54, 1.807) is 12.1 Å². The van der Waals surface area contributed by atoms with Gasteiger partial charge in [0.2, 0.25) is 0 Å². The van der Waals surface area contributed by atoms with Gasteiger partial charge in [0.05, 0.1) is 16.6 Å². The van der Waals surface area contributed by atoms with Crippen molar-refractivity contribution in [1.82, 2.24) is 20.6 Å². The van der Waals surface area contributed by atoms with Gasteiger partial charge in [0.1, 0.15) is 11.6 Å². The van der Waals surface area contributed by atoms with E-state index in [2.05, 4.69) is 22.5 Å². The third-order valence-corrected chi connectivity index (χ3v) is 7.41. The van der Waals surface area contributed by atoms with Crippen LogP contribution >= 0.6 is 11.6 Å². The molecule has 0 unspecified atom stereocenters. The summed E-state index contributed by atoms with van der Waals surface area (Å²) >= 11 is 5.90. The molecule has 3 atom stereocenters. The number of nitrogens with one attached hydrogen (secondary N) is 2. The Morgan fingerprint density at radius 1 is 1.20 bits per heavy atom. The van der Waals surface area contributed by atoms with Gasteiger partial charge >= 0.3 is 0 Å². The fraction of sp³-hybridized carbons (Fsp3) is 0.444. The number of hydrogen-bond donors (Lipinski definition) is 2. The molecule has 2 N–H and O–H groups in total. The van der Waals surface area contributed by atoms with Crippen LogP contribution in [0.25, 0.3) is 10.9 Å². The Morgan fingerprint density at radius 3 is 2.77 bits per heavy atom. The fourth-order valence-corrected chi connectivity index (χ4v) is 5.20. The minimum Gasteiger partial charge on any atom is -0.381 e. The molecule has 0 bridgehead atoms. The molecule has 3 heterocycles. The first-order valence-electron chi connectivity index (χ1n) is 12.3. The number of fused-ring (bicyclic) bond motifs is 1.